The van der Waals surface area contributed by atoms with Crippen molar-refractivity contribution < 1.29 is 9.53 Å². The minimum Gasteiger partial charge on any atom is -0.497 e. The zero-order valence-corrected chi connectivity index (χ0v) is 12.7. The number of primary amides is 1. The molecule has 1 amide bonds. The number of nitrogens with one attached hydrogen (secondary N) is 1. The van der Waals surface area contributed by atoms with Gasteiger partial charge in [0.2, 0.25) is 0 Å². The molecule has 0 saturated carbocycles. The summed E-state index contributed by atoms with van der Waals surface area (Å²) < 4.78 is 5.25. The zero-order chi connectivity index (χ0) is 14.0. The largest absolute Gasteiger partial charge is 0.497 e. The average Bonchev–Trinajstić information content (AvgIpc) is 2.79. The van der Waals surface area contributed by atoms with E-state index in [1.807, 2.05) is 32.0 Å². The number of nitrogens with zero attached hydrogens (tertiary/aromatic N) is 1. The predicted molar refractivity (Wildman–Crippen MR) is 84.2 cm³/mol. The van der Waals surface area contributed by atoms with Gasteiger partial charge in [-0.1, -0.05) is 0 Å². The highest BCUT2D eigenvalue weighted by Gasteiger charge is 2.19. The van der Waals surface area contributed by atoms with Gasteiger partial charge in [0.25, 0.3) is 5.91 Å². The molecule has 0 atom stereocenters. The van der Waals surface area contributed by atoms with Crippen molar-refractivity contribution in [3.8, 4) is 5.75 Å². The number of hydrogen-bond donors (Lipinski definition) is 2. The molecule has 3 N–H and O–H groups in total. The fourth-order valence-electron chi connectivity index (χ4n) is 2.33. The normalized spacial score (nSPS) is 10.2. The molecule has 0 unspecified atom stereocenters. The summed E-state index contributed by atoms with van der Waals surface area (Å²) in [6.45, 7) is 5.71. The summed E-state index contributed by atoms with van der Waals surface area (Å²) in [5.74, 6) is 0.313. The fraction of sp³-hybridized carbons (Fsp3) is 0.357. The van der Waals surface area contributed by atoms with Crippen LogP contribution in [0.1, 0.15) is 24.3 Å². The highest BCUT2D eigenvalue weighted by molar-refractivity contribution is 6.08. The van der Waals surface area contributed by atoms with Crippen LogP contribution in [0.3, 0.4) is 0 Å². The van der Waals surface area contributed by atoms with Gasteiger partial charge in [0.15, 0.2) is 0 Å². The lowest BCUT2D eigenvalue weighted by Crippen LogP contribution is -2.25. The number of hydrogen-bond acceptors (Lipinski definition) is 3. The Bertz CT molecular complexity index is 606. The second kappa shape index (κ2) is 6.52. The number of aromatic amines is 1. The van der Waals surface area contributed by atoms with Gasteiger partial charge in [0.1, 0.15) is 11.4 Å². The Labute approximate surface area is 124 Å². The number of aromatic nitrogens is 1. The molecule has 0 bridgehead atoms. The Morgan fingerprint density at radius 3 is 2.50 bits per heavy atom. The van der Waals surface area contributed by atoms with E-state index < -0.39 is 5.91 Å². The Morgan fingerprint density at radius 2 is 2.00 bits per heavy atom. The third-order valence-corrected chi connectivity index (χ3v) is 3.30. The molecule has 0 spiro atoms. The average molecular weight is 298 g/mol. The fourth-order valence-corrected chi connectivity index (χ4v) is 2.33. The molecule has 0 aliphatic rings. The minimum atomic E-state index is -0.447. The van der Waals surface area contributed by atoms with Gasteiger partial charge in [-0.25, -0.2) is 0 Å². The first-order chi connectivity index (χ1) is 9.12. The van der Waals surface area contributed by atoms with Crippen molar-refractivity contribution in [2.24, 2.45) is 5.73 Å². The molecule has 1 aromatic carbocycles. The van der Waals surface area contributed by atoms with Crippen LogP contribution < -0.4 is 15.4 Å². The number of benzene rings is 1. The number of amides is 1. The summed E-state index contributed by atoms with van der Waals surface area (Å²) in [6.07, 6.45) is 0. The van der Waals surface area contributed by atoms with Crippen molar-refractivity contribution in [3.63, 3.8) is 0 Å². The SMILES string of the molecule is CCN(CC)c1c(C(N)=O)[nH]c2ccc(OC)cc12.Cl. The van der Waals surface area contributed by atoms with Crippen molar-refractivity contribution in [2.45, 2.75) is 13.8 Å². The number of nitrogens with two attached hydrogens (primary N) is 1. The predicted octanol–water partition coefficient (Wildman–Crippen LogP) is 2.54. The van der Waals surface area contributed by atoms with Crippen LogP contribution in [0.15, 0.2) is 18.2 Å². The van der Waals surface area contributed by atoms with Gasteiger partial charge in [0, 0.05) is 24.0 Å². The van der Waals surface area contributed by atoms with Gasteiger partial charge in [-0.2, -0.15) is 0 Å². The number of ether oxygens (including phenoxy) is 1. The maximum absolute atomic E-state index is 11.6. The number of H-pyrrole nitrogens is 1. The zero-order valence-electron chi connectivity index (χ0n) is 11.9. The molecule has 2 rings (SSSR count). The molecule has 0 fully saturated rings. The van der Waals surface area contributed by atoms with E-state index >= 15 is 0 Å². The Kier molecular flexibility index (Phi) is 5.27. The Balaban J connectivity index is 0.00000200. The molecule has 1 heterocycles. The summed E-state index contributed by atoms with van der Waals surface area (Å²) in [4.78, 5) is 16.8. The van der Waals surface area contributed by atoms with E-state index in [0.717, 1.165) is 35.4 Å². The monoisotopic (exact) mass is 297 g/mol. The van der Waals surface area contributed by atoms with Gasteiger partial charge < -0.3 is 20.4 Å². The highest BCUT2D eigenvalue weighted by atomic mass is 35.5. The third kappa shape index (κ3) is 2.67. The van der Waals surface area contributed by atoms with E-state index in [1.165, 1.54) is 0 Å². The number of carbonyl (C=O) groups is 1. The molecule has 5 nitrogen and oxygen atoms in total. The van der Waals surface area contributed by atoms with Crippen LogP contribution in [0.25, 0.3) is 10.9 Å². The molecular weight excluding hydrogens is 278 g/mol. The lowest BCUT2D eigenvalue weighted by molar-refractivity contribution is 0.0997. The van der Waals surface area contributed by atoms with Gasteiger partial charge in [-0.15, -0.1) is 12.4 Å². The highest BCUT2D eigenvalue weighted by Crippen LogP contribution is 2.33. The van der Waals surface area contributed by atoms with Crippen LogP contribution in [0, 0.1) is 0 Å². The minimum absolute atomic E-state index is 0. The summed E-state index contributed by atoms with van der Waals surface area (Å²) >= 11 is 0. The van der Waals surface area contributed by atoms with Crippen LogP contribution >= 0.6 is 12.4 Å². The molecule has 20 heavy (non-hydrogen) atoms. The van der Waals surface area contributed by atoms with Crippen LogP contribution in [0.5, 0.6) is 5.75 Å². The van der Waals surface area contributed by atoms with Crippen molar-refractivity contribution in [1.82, 2.24) is 4.98 Å². The Morgan fingerprint density at radius 1 is 1.35 bits per heavy atom. The van der Waals surface area contributed by atoms with Crippen molar-refractivity contribution in [1.29, 1.82) is 0 Å². The first-order valence-electron chi connectivity index (χ1n) is 6.36. The maximum atomic E-state index is 11.6. The van der Waals surface area contributed by atoms with Gasteiger partial charge >= 0.3 is 0 Å². The first kappa shape index (κ1) is 16.2. The molecule has 0 aliphatic carbocycles. The topological polar surface area (TPSA) is 71.3 Å². The van der Waals surface area contributed by atoms with E-state index in [2.05, 4.69) is 9.88 Å². The van der Waals surface area contributed by atoms with E-state index in [9.17, 15) is 4.79 Å². The van der Waals surface area contributed by atoms with Gasteiger partial charge in [0.05, 0.1) is 12.8 Å². The van der Waals surface area contributed by atoms with Crippen LogP contribution in [-0.2, 0) is 0 Å². The molecule has 110 valence electrons. The van der Waals surface area contributed by atoms with Crippen LogP contribution in [-0.4, -0.2) is 31.1 Å². The lowest BCUT2D eigenvalue weighted by atomic mass is 10.2. The summed E-state index contributed by atoms with van der Waals surface area (Å²) in [6, 6.07) is 5.68. The summed E-state index contributed by atoms with van der Waals surface area (Å²) in [7, 11) is 1.62. The molecule has 0 saturated heterocycles. The Hall–Kier alpha value is -1.88. The van der Waals surface area contributed by atoms with E-state index in [-0.39, 0.29) is 12.4 Å². The van der Waals surface area contributed by atoms with Gasteiger partial charge in [-0.3, -0.25) is 4.79 Å². The molecule has 2 aromatic rings. The summed E-state index contributed by atoms with van der Waals surface area (Å²) in [5, 5.41) is 0.955. The number of rotatable bonds is 5. The van der Waals surface area contributed by atoms with Crippen molar-refractivity contribution >= 4 is 34.9 Å². The van der Waals surface area contributed by atoms with E-state index in [0.29, 0.717) is 5.69 Å². The van der Waals surface area contributed by atoms with E-state index in [4.69, 9.17) is 10.5 Å². The second-order valence-electron chi connectivity index (χ2n) is 4.30. The smallest absolute Gasteiger partial charge is 0.267 e. The van der Waals surface area contributed by atoms with Crippen molar-refractivity contribution in [2.75, 3.05) is 25.1 Å². The van der Waals surface area contributed by atoms with Crippen molar-refractivity contribution in [3.05, 3.63) is 23.9 Å². The molecular formula is C14H20ClN3O2. The molecule has 1 aromatic heterocycles. The second-order valence-corrected chi connectivity index (χ2v) is 4.30. The first-order valence-corrected chi connectivity index (χ1v) is 6.36. The standard InChI is InChI=1S/C14H19N3O2.ClH/c1-4-17(5-2)13-10-8-9(19-3)6-7-11(10)16-12(13)14(15)18;/h6-8,16H,4-5H2,1-3H3,(H2,15,18);1H. The molecule has 6 heteroatoms. The number of halogens is 1. The van der Waals surface area contributed by atoms with Crippen LogP contribution in [0.4, 0.5) is 5.69 Å². The summed E-state index contributed by atoms with van der Waals surface area (Å²) in [5.41, 5.74) is 7.66. The van der Waals surface area contributed by atoms with Gasteiger partial charge in [-0.05, 0) is 32.0 Å². The maximum Gasteiger partial charge on any atom is 0.267 e. The van der Waals surface area contributed by atoms with Crippen LogP contribution in [0.2, 0.25) is 0 Å². The third-order valence-electron chi connectivity index (χ3n) is 3.30. The number of carbonyl (C=O) groups excluding carboxylic acids is 1. The molecule has 0 aliphatic heterocycles. The number of anilines is 1. The quantitative estimate of drug-likeness (QED) is 0.891. The molecule has 0 radical (unpaired) electrons. The van der Waals surface area contributed by atoms with E-state index in [1.54, 1.807) is 7.11 Å². The lowest BCUT2D eigenvalue weighted by Gasteiger charge is -2.21. The number of fused-ring (bicyclic) bond motifs is 1. The number of methoxy groups -OCH3 is 1.